The standard InChI is InChI=1S/C20H33NO10/c1-12(22)27-11-16-17(28-13(2)23)18(29-14(3)24)19(30-15(4)25)20(31-16)26-10-8-6-5-7-9-21/h16-20H,5-11,21H2,1-4H3/t16-,17-,18+,19+,20?/m1/s1. The van der Waals surface area contributed by atoms with Gasteiger partial charge >= 0.3 is 23.9 Å². The molecule has 1 aliphatic heterocycles. The van der Waals surface area contributed by atoms with Gasteiger partial charge in [0.15, 0.2) is 24.6 Å². The Morgan fingerprint density at radius 1 is 0.742 bits per heavy atom. The van der Waals surface area contributed by atoms with Crippen LogP contribution in [0.25, 0.3) is 0 Å². The number of hydrogen-bond donors (Lipinski definition) is 1. The Bertz CT molecular complexity index is 611. The number of unbranched alkanes of at least 4 members (excludes halogenated alkanes) is 3. The molecule has 1 saturated heterocycles. The smallest absolute Gasteiger partial charge is 0.303 e. The first kappa shape index (κ1) is 26.8. The van der Waals surface area contributed by atoms with Crippen LogP contribution < -0.4 is 5.73 Å². The van der Waals surface area contributed by atoms with Crippen molar-refractivity contribution < 1.29 is 47.6 Å². The average Bonchev–Trinajstić information content (AvgIpc) is 2.66. The molecular formula is C20H33NO10. The molecule has 1 fully saturated rings. The highest BCUT2D eigenvalue weighted by Gasteiger charge is 2.52. The maximum Gasteiger partial charge on any atom is 0.303 e. The van der Waals surface area contributed by atoms with Crippen molar-refractivity contribution >= 4 is 23.9 Å². The summed E-state index contributed by atoms with van der Waals surface area (Å²) in [4.78, 5) is 46.4. The van der Waals surface area contributed by atoms with Crippen LogP contribution in [0.2, 0.25) is 0 Å². The lowest BCUT2D eigenvalue weighted by Gasteiger charge is -2.44. The fourth-order valence-electron chi connectivity index (χ4n) is 3.12. The summed E-state index contributed by atoms with van der Waals surface area (Å²) < 4.78 is 32.6. The first-order valence-corrected chi connectivity index (χ1v) is 10.3. The van der Waals surface area contributed by atoms with Crippen molar-refractivity contribution in [3.8, 4) is 0 Å². The van der Waals surface area contributed by atoms with Crippen molar-refractivity contribution in [2.45, 2.75) is 84.1 Å². The predicted octanol–water partition coefficient (Wildman–Crippen LogP) is 0.605. The molecule has 0 aromatic heterocycles. The van der Waals surface area contributed by atoms with Crippen LogP contribution in [-0.2, 0) is 47.6 Å². The van der Waals surface area contributed by atoms with E-state index in [4.69, 9.17) is 34.2 Å². The van der Waals surface area contributed by atoms with Crippen molar-refractivity contribution in [2.24, 2.45) is 5.73 Å². The molecule has 11 nitrogen and oxygen atoms in total. The maximum absolute atomic E-state index is 11.7. The third kappa shape index (κ3) is 10.1. The molecule has 2 N–H and O–H groups in total. The van der Waals surface area contributed by atoms with Gasteiger partial charge in [-0.05, 0) is 19.4 Å². The molecule has 1 heterocycles. The molecule has 0 bridgehead atoms. The fourth-order valence-corrected chi connectivity index (χ4v) is 3.12. The van der Waals surface area contributed by atoms with Crippen molar-refractivity contribution in [1.29, 1.82) is 0 Å². The van der Waals surface area contributed by atoms with Gasteiger partial charge in [-0.25, -0.2) is 0 Å². The molecule has 1 rings (SSSR count). The summed E-state index contributed by atoms with van der Waals surface area (Å²) in [6.07, 6.45) is -2.31. The van der Waals surface area contributed by atoms with E-state index in [1.165, 1.54) is 27.7 Å². The number of carbonyl (C=O) groups excluding carboxylic acids is 4. The van der Waals surface area contributed by atoms with Gasteiger partial charge in [-0.3, -0.25) is 19.2 Å². The van der Waals surface area contributed by atoms with E-state index in [1.54, 1.807) is 0 Å². The maximum atomic E-state index is 11.7. The van der Waals surface area contributed by atoms with Crippen LogP contribution in [0.4, 0.5) is 0 Å². The minimum Gasteiger partial charge on any atom is -0.463 e. The number of nitrogens with two attached hydrogens (primary N) is 1. The molecule has 11 heteroatoms. The molecule has 1 unspecified atom stereocenters. The Morgan fingerprint density at radius 2 is 1.29 bits per heavy atom. The highest BCUT2D eigenvalue weighted by Crippen LogP contribution is 2.30. The Labute approximate surface area is 181 Å². The highest BCUT2D eigenvalue weighted by atomic mass is 16.7. The first-order chi connectivity index (χ1) is 14.6. The zero-order valence-electron chi connectivity index (χ0n) is 18.5. The van der Waals surface area contributed by atoms with E-state index in [1.807, 2.05) is 0 Å². The molecule has 5 atom stereocenters. The summed E-state index contributed by atoms with van der Waals surface area (Å²) in [5.41, 5.74) is 5.48. The van der Waals surface area contributed by atoms with Crippen LogP contribution in [0.15, 0.2) is 0 Å². The number of esters is 4. The molecule has 0 amide bonds. The SMILES string of the molecule is CC(=O)OC[C@H]1OC(OCCCCCCN)[C@@H](OC(C)=O)[C@@H](OC(C)=O)[C@@H]1OC(C)=O. The van der Waals surface area contributed by atoms with Gasteiger partial charge in [0.2, 0.25) is 0 Å². The number of hydrogen-bond acceptors (Lipinski definition) is 11. The van der Waals surface area contributed by atoms with E-state index >= 15 is 0 Å². The normalized spacial score (nSPS) is 25.4. The Kier molecular flexibility index (Phi) is 12.1. The summed E-state index contributed by atoms with van der Waals surface area (Å²) in [6, 6.07) is 0. The Hall–Kier alpha value is -2.24. The largest absolute Gasteiger partial charge is 0.463 e. The zero-order chi connectivity index (χ0) is 23.4. The summed E-state index contributed by atoms with van der Waals surface area (Å²) in [5.74, 6) is -2.61. The van der Waals surface area contributed by atoms with E-state index in [2.05, 4.69) is 0 Å². The molecular weight excluding hydrogens is 414 g/mol. The minimum absolute atomic E-state index is 0.276. The number of rotatable bonds is 12. The molecule has 1 aliphatic rings. The quantitative estimate of drug-likeness (QED) is 0.254. The summed E-state index contributed by atoms with van der Waals surface area (Å²) >= 11 is 0. The lowest BCUT2D eigenvalue weighted by atomic mass is 9.98. The highest BCUT2D eigenvalue weighted by molar-refractivity contribution is 5.68. The second-order valence-electron chi connectivity index (χ2n) is 7.14. The second-order valence-corrected chi connectivity index (χ2v) is 7.14. The Balaban J connectivity index is 3.07. The fraction of sp³-hybridized carbons (Fsp3) is 0.800. The van der Waals surface area contributed by atoms with Gasteiger partial charge in [0.05, 0.1) is 0 Å². The van der Waals surface area contributed by atoms with Gasteiger partial charge < -0.3 is 34.2 Å². The molecule has 31 heavy (non-hydrogen) atoms. The van der Waals surface area contributed by atoms with E-state index in [-0.39, 0.29) is 13.2 Å². The summed E-state index contributed by atoms with van der Waals surface area (Å²) in [6.45, 7) is 5.33. The second kappa shape index (κ2) is 13.9. The van der Waals surface area contributed by atoms with Gasteiger partial charge in [-0.15, -0.1) is 0 Å². The van der Waals surface area contributed by atoms with Crippen LogP contribution in [0.3, 0.4) is 0 Å². The van der Waals surface area contributed by atoms with Gasteiger partial charge in [-0.2, -0.15) is 0 Å². The van der Waals surface area contributed by atoms with E-state index < -0.39 is 54.6 Å². The van der Waals surface area contributed by atoms with Crippen LogP contribution >= 0.6 is 0 Å². The Morgan fingerprint density at radius 3 is 1.84 bits per heavy atom. The van der Waals surface area contributed by atoms with Gasteiger partial charge in [0.25, 0.3) is 0 Å². The first-order valence-electron chi connectivity index (χ1n) is 10.3. The molecule has 0 aromatic carbocycles. The zero-order valence-corrected chi connectivity index (χ0v) is 18.5. The van der Waals surface area contributed by atoms with Crippen molar-refractivity contribution in [3.05, 3.63) is 0 Å². The molecule has 0 radical (unpaired) electrons. The molecule has 0 aromatic rings. The van der Waals surface area contributed by atoms with E-state index in [0.717, 1.165) is 19.3 Å². The van der Waals surface area contributed by atoms with Crippen LogP contribution in [0.5, 0.6) is 0 Å². The van der Waals surface area contributed by atoms with Crippen LogP contribution in [-0.4, -0.2) is 74.3 Å². The number of ether oxygens (including phenoxy) is 6. The third-order valence-electron chi connectivity index (χ3n) is 4.33. The van der Waals surface area contributed by atoms with E-state index in [9.17, 15) is 19.2 Å². The van der Waals surface area contributed by atoms with Crippen molar-refractivity contribution in [1.82, 2.24) is 0 Å². The summed E-state index contributed by atoms with van der Waals surface area (Å²) in [5, 5.41) is 0. The van der Waals surface area contributed by atoms with Crippen LogP contribution in [0.1, 0.15) is 53.4 Å². The number of carbonyl (C=O) groups is 4. The lowest BCUT2D eigenvalue weighted by molar-refractivity contribution is -0.308. The van der Waals surface area contributed by atoms with E-state index in [0.29, 0.717) is 13.0 Å². The van der Waals surface area contributed by atoms with Gasteiger partial charge in [0.1, 0.15) is 12.7 Å². The summed E-state index contributed by atoms with van der Waals surface area (Å²) in [7, 11) is 0. The third-order valence-corrected chi connectivity index (χ3v) is 4.33. The predicted molar refractivity (Wildman–Crippen MR) is 105 cm³/mol. The molecule has 0 aliphatic carbocycles. The molecule has 0 saturated carbocycles. The monoisotopic (exact) mass is 447 g/mol. The average molecular weight is 447 g/mol. The van der Waals surface area contributed by atoms with Gasteiger partial charge in [-0.1, -0.05) is 12.8 Å². The molecule has 178 valence electrons. The van der Waals surface area contributed by atoms with Crippen LogP contribution in [0, 0.1) is 0 Å². The van der Waals surface area contributed by atoms with Gasteiger partial charge in [0, 0.05) is 34.3 Å². The van der Waals surface area contributed by atoms with Crippen molar-refractivity contribution in [2.75, 3.05) is 19.8 Å². The van der Waals surface area contributed by atoms with Crippen molar-refractivity contribution in [3.63, 3.8) is 0 Å². The lowest BCUT2D eigenvalue weighted by Crippen LogP contribution is -2.63. The molecule has 0 spiro atoms. The topological polar surface area (TPSA) is 150 Å². The minimum atomic E-state index is -1.22.